The van der Waals surface area contributed by atoms with Crippen molar-refractivity contribution in [3.63, 3.8) is 0 Å². The predicted octanol–water partition coefficient (Wildman–Crippen LogP) is 2.34. The van der Waals surface area contributed by atoms with E-state index in [0.29, 0.717) is 28.9 Å². The van der Waals surface area contributed by atoms with Crippen LogP contribution in [0.2, 0.25) is 10.0 Å². The lowest BCUT2D eigenvalue weighted by atomic mass is 10.1. The molecule has 1 aromatic carbocycles. The zero-order chi connectivity index (χ0) is 13.1. The molecule has 0 aliphatic carbocycles. The number of nitrogens with zero attached hydrogens (tertiary/aromatic N) is 1. The minimum atomic E-state index is 0.129. The van der Waals surface area contributed by atoms with Gasteiger partial charge in [-0.1, -0.05) is 29.3 Å². The molecule has 18 heavy (non-hydrogen) atoms. The van der Waals surface area contributed by atoms with E-state index in [1.54, 1.807) is 12.1 Å². The second-order valence-electron chi connectivity index (χ2n) is 4.66. The number of carbonyl (C=O) groups excluding carboxylic acids is 1. The standard InChI is InChI=1S/C13H16Cl2N2O/c14-11-2-1-9(5-12(11)15)6-13(18)17-4-3-10(7-16)8-17/h1-2,5,10H,3-4,6-8,16H2. The Hall–Kier alpha value is -0.770. The predicted molar refractivity (Wildman–Crippen MR) is 73.9 cm³/mol. The van der Waals surface area contributed by atoms with Crippen molar-refractivity contribution >= 4 is 29.1 Å². The normalized spacial score (nSPS) is 19.3. The van der Waals surface area contributed by atoms with E-state index in [4.69, 9.17) is 28.9 Å². The average molecular weight is 287 g/mol. The number of likely N-dealkylation sites (tertiary alicyclic amines) is 1. The molecular formula is C13H16Cl2N2O. The molecule has 1 atom stereocenters. The molecule has 1 fully saturated rings. The van der Waals surface area contributed by atoms with Crippen LogP contribution in [-0.2, 0) is 11.2 Å². The summed E-state index contributed by atoms with van der Waals surface area (Å²) in [5, 5.41) is 1.00. The van der Waals surface area contributed by atoms with E-state index in [2.05, 4.69) is 0 Å². The van der Waals surface area contributed by atoms with Crippen molar-refractivity contribution in [1.82, 2.24) is 4.90 Å². The Labute approximate surface area is 117 Å². The Morgan fingerprint density at radius 3 is 2.78 bits per heavy atom. The Kier molecular flexibility index (Phi) is 4.49. The first-order valence-corrected chi connectivity index (χ1v) is 6.77. The summed E-state index contributed by atoms with van der Waals surface area (Å²) in [5.74, 6) is 0.576. The van der Waals surface area contributed by atoms with E-state index < -0.39 is 0 Å². The molecule has 1 aliphatic rings. The van der Waals surface area contributed by atoms with E-state index in [1.807, 2.05) is 11.0 Å². The third kappa shape index (κ3) is 3.16. The average Bonchev–Trinajstić information content (AvgIpc) is 2.82. The highest BCUT2D eigenvalue weighted by molar-refractivity contribution is 6.42. The van der Waals surface area contributed by atoms with Gasteiger partial charge in [0.15, 0.2) is 0 Å². The summed E-state index contributed by atoms with van der Waals surface area (Å²) in [5.41, 5.74) is 6.51. The minimum Gasteiger partial charge on any atom is -0.342 e. The van der Waals surface area contributed by atoms with Gasteiger partial charge in [-0.25, -0.2) is 0 Å². The van der Waals surface area contributed by atoms with Crippen LogP contribution >= 0.6 is 23.2 Å². The fraction of sp³-hybridized carbons (Fsp3) is 0.462. The number of carbonyl (C=O) groups is 1. The van der Waals surface area contributed by atoms with Crippen LogP contribution in [0.1, 0.15) is 12.0 Å². The second kappa shape index (κ2) is 5.91. The van der Waals surface area contributed by atoms with Crippen LogP contribution in [-0.4, -0.2) is 30.4 Å². The van der Waals surface area contributed by atoms with Gasteiger partial charge >= 0.3 is 0 Å². The summed E-state index contributed by atoms with van der Waals surface area (Å²) >= 11 is 11.8. The van der Waals surface area contributed by atoms with Crippen molar-refractivity contribution in [2.75, 3.05) is 19.6 Å². The molecule has 1 unspecified atom stereocenters. The monoisotopic (exact) mass is 286 g/mol. The SMILES string of the molecule is NCC1CCN(C(=O)Cc2ccc(Cl)c(Cl)c2)C1. The molecule has 1 amide bonds. The smallest absolute Gasteiger partial charge is 0.227 e. The van der Waals surface area contributed by atoms with Crippen LogP contribution in [0.15, 0.2) is 18.2 Å². The minimum absolute atomic E-state index is 0.129. The van der Waals surface area contributed by atoms with Crippen molar-refractivity contribution in [2.24, 2.45) is 11.7 Å². The third-order valence-corrected chi connectivity index (χ3v) is 4.05. The van der Waals surface area contributed by atoms with Crippen molar-refractivity contribution in [3.05, 3.63) is 33.8 Å². The number of nitrogens with two attached hydrogens (primary N) is 1. The van der Waals surface area contributed by atoms with Gasteiger partial charge in [-0.05, 0) is 36.6 Å². The zero-order valence-electron chi connectivity index (χ0n) is 10.0. The summed E-state index contributed by atoms with van der Waals surface area (Å²) in [7, 11) is 0. The second-order valence-corrected chi connectivity index (χ2v) is 5.47. The first kappa shape index (κ1) is 13.7. The van der Waals surface area contributed by atoms with Crippen molar-refractivity contribution in [3.8, 4) is 0 Å². The van der Waals surface area contributed by atoms with Gasteiger partial charge in [-0.2, -0.15) is 0 Å². The van der Waals surface area contributed by atoms with E-state index in [1.165, 1.54) is 0 Å². The summed E-state index contributed by atoms with van der Waals surface area (Å²) in [6.45, 7) is 2.23. The number of amides is 1. The fourth-order valence-electron chi connectivity index (χ4n) is 2.19. The van der Waals surface area contributed by atoms with Crippen LogP contribution in [0, 0.1) is 5.92 Å². The molecule has 1 saturated heterocycles. The fourth-order valence-corrected chi connectivity index (χ4v) is 2.51. The molecular weight excluding hydrogens is 271 g/mol. The lowest BCUT2D eigenvalue weighted by Gasteiger charge is -2.16. The maximum Gasteiger partial charge on any atom is 0.227 e. The number of halogens is 2. The molecule has 2 rings (SSSR count). The number of benzene rings is 1. The zero-order valence-corrected chi connectivity index (χ0v) is 11.5. The van der Waals surface area contributed by atoms with E-state index in [0.717, 1.165) is 25.1 Å². The quantitative estimate of drug-likeness (QED) is 0.927. The Morgan fingerprint density at radius 2 is 2.17 bits per heavy atom. The largest absolute Gasteiger partial charge is 0.342 e. The molecule has 0 saturated carbocycles. The molecule has 0 aromatic heterocycles. The van der Waals surface area contributed by atoms with Crippen molar-refractivity contribution < 1.29 is 4.79 Å². The molecule has 3 nitrogen and oxygen atoms in total. The maximum absolute atomic E-state index is 12.1. The molecule has 2 N–H and O–H groups in total. The summed E-state index contributed by atoms with van der Waals surface area (Å²) < 4.78 is 0. The van der Waals surface area contributed by atoms with Crippen LogP contribution < -0.4 is 5.73 Å². The van der Waals surface area contributed by atoms with E-state index >= 15 is 0 Å². The topological polar surface area (TPSA) is 46.3 Å². The van der Waals surface area contributed by atoms with E-state index in [9.17, 15) is 4.79 Å². The highest BCUT2D eigenvalue weighted by Gasteiger charge is 2.25. The van der Waals surface area contributed by atoms with Gasteiger partial charge in [0.05, 0.1) is 16.5 Å². The first-order valence-electron chi connectivity index (χ1n) is 6.02. The molecule has 1 aromatic rings. The molecule has 98 valence electrons. The molecule has 0 radical (unpaired) electrons. The molecule has 0 spiro atoms. The van der Waals surface area contributed by atoms with Crippen molar-refractivity contribution in [1.29, 1.82) is 0 Å². The number of rotatable bonds is 3. The summed E-state index contributed by atoms with van der Waals surface area (Å²) in [4.78, 5) is 14.0. The third-order valence-electron chi connectivity index (χ3n) is 3.31. The van der Waals surface area contributed by atoms with Gasteiger partial charge in [0.1, 0.15) is 0 Å². The summed E-state index contributed by atoms with van der Waals surface area (Å²) in [6, 6.07) is 5.31. The van der Waals surface area contributed by atoms with Gasteiger partial charge in [-0.15, -0.1) is 0 Å². The Bertz CT molecular complexity index is 451. The van der Waals surface area contributed by atoms with Crippen LogP contribution in [0.5, 0.6) is 0 Å². The van der Waals surface area contributed by atoms with Gasteiger partial charge in [0.25, 0.3) is 0 Å². The Balaban J connectivity index is 1.97. The van der Waals surface area contributed by atoms with Gasteiger partial charge in [-0.3, -0.25) is 4.79 Å². The molecule has 5 heteroatoms. The van der Waals surface area contributed by atoms with Gasteiger partial charge in [0.2, 0.25) is 5.91 Å². The van der Waals surface area contributed by atoms with Gasteiger partial charge in [0, 0.05) is 13.1 Å². The first-order chi connectivity index (χ1) is 8.60. The van der Waals surface area contributed by atoms with Crippen LogP contribution in [0.4, 0.5) is 0 Å². The lowest BCUT2D eigenvalue weighted by Crippen LogP contribution is -2.31. The van der Waals surface area contributed by atoms with Crippen LogP contribution in [0.25, 0.3) is 0 Å². The molecule has 1 heterocycles. The highest BCUT2D eigenvalue weighted by atomic mass is 35.5. The van der Waals surface area contributed by atoms with Crippen molar-refractivity contribution in [2.45, 2.75) is 12.8 Å². The maximum atomic E-state index is 12.1. The number of hydrogen-bond donors (Lipinski definition) is 1. The lowest BCUT2D eigenvalue weighted by molar-refractivity contribution is -0.129. The molecule has 0 bridgehead atoms. The number of hydrogen-bond acceptors (Lipinski definition) is 2. The summed E-state index contributed by atoms with van der Waals surface area (Å²) in [6.07, 6.45) is 1.37. The van der Waals surface area contributed by atoms with E-state index in [-0.39, 0.29) is 5.91 Å². The molecule has 1 aliphatic heterocycles. The van der Waals surface area contributed by atoms with Crippen LogP contribution in [0.3, 0.4) is 0 Å². The highest BCUT2D eigenvalue weighted by Crippen LogP contribution is 2.23. The van der Waals surface area contributed by atoms with Gasteiger partial charge < -0.3 is 10.6 Å². The Morgan fingerprint density at radius 1 is 1.39 bits per heavy atom.